The predicted molar refractivity (Wildman–Crippen MR) is 280 cm³/mol. The summed E-state index contributed by atoms with van der Waals surface area (Å²) in [7, 11) is 0. The molecule has 2 aliphatic carbocycles. The third-order valence-electron chi connectivity index (χ3n) is 14.6. The fourth-order valence-electron chi connectivity index (χ4n) is 11.9. The maximum atomic E-state index is 2.51. The van der Waals surface area contributed by atoms with Crippen molar-refractivity contribution in [3.05, 3.63) is 277 Å². The van der Waals surface area contributed by atoms with Gasteiger partial charge in [-0.1, -0.05) is 200 Å². The molecule has 312 valence electrons. The smallest absolute Gasteiger partial charge is 0.0746 e. The van der Waals surface area contributed by atoms with Gasteiger partial charge in [0, 0.05) is 33.4 Å². The third kappa shape index (κ3) is 5.39. The number of anilines is 3. The second-order valence-corrected chi connectivity index (χ2v) is 17.9. The normalized spacial score (nSPS) is 12.9. The Hall–Kier alpha value is -8.72. The Morgan fingerprint density at radius 3 is 1.33 bits per heavy atom. The summed E-state index contributed by atoms with van der Waals surface area (Å²) >= 11 is 0. The van der Waals surface area contributed by atoms with Gasteiger partial charge in [-0.05, 0) is 127 Å². The summed E-state index contributed by atoms with van der Waals surface area (Å²) in [5.41, 5.74) is 21.7. The van der Waals surface area contributed by atoms with Gasteiger partial charge in [-0.25, -0.2) is 0 Å². The SMILES string of the molecule is c1ccc(-c2cccc3cccc(-c4ccc(N(c5ccc(-n6c7ccccc7c7ccccc76)cc5)c5cccc6c5C5(c7ccccc7-c7ccccc75)c5ccccc5-6)cc4)c23)cc1. The Kier molecular flexibility index (Phi) is 8.23. The molecule has 0 amide bonds. The molecule has 12 aromatic rings. The Bertz CT molecular complexity index is 3790. The van der Waals surface area contributed by atoms with Crippen LogP contribution < -0.4 is 4.90 Å². The molecule has 0 saturated carbocycles. The van der Waals surface area contributed by atoms with Crippen molar-refractivity contribution in [1.82, 2.24) is 4.57 Å². The molecular formula is C65H42N2. The summed E-state index contributed by atoms with van der Waals surface area (Å²) < 4.78 is 2.40. The highest BCUT2D eigenvalue weighted by Gasteiger charge is 2.53. The molecule has 0 radical (unpaired) electrons. The van der Waals surface area contributed by atoms with Gasteiger partial charge in [0.2, 0.25) is 0 Å². The topological polar surface area (TPSA) is 8.17 Å². The van der Waals surface area contributed by atoms with Crippen LogP contribution in [0.5, 0.6) is 0 Å². The number of fused-ring (bicyclic) bond motifs is 14. The van der Waals surface area contributed by atoms with Gasteiger partial charge in [0.05, 0.1) is 22.1 Å². The number of aromatic nitrogens is 1. The molecule has 14 rings (SSSR count). The zero-order valence-corrected chi connectivity index (χ0v) is 36.6. The van der Waals surface area contributed by atoms with Gasteiger partial charge in [0.15, 0.2) is 0 Å². The maximum absolute atomic E-state index is 2.51. The van der Waals surface area contributed by atoms with Crippen LogP contribution in [0.3, 0.4) is 0 Å². The van der Waals surface area contributed by atoms with Gasteiger partial charge < -0.3 is 9.47 Å². The number of hydrogen-bond donors (Lipinski definition) is 0. The van der Waals surface area contributed by atoms with Crippen LogP contribution in [-0.4, -0.2) is 4.57 Å². The van der Waals surface area contributed by atoms with Crippen LogP contribution in [0.15, 0.2) is 255 Å². The Morgan fingerprint density at radius 2 is 0.746 bits per heavy atom. The molecule has 0 N–H and O–H groups in total. The summed E-state index contributed by atoms with van der Waals surface area (Å²) in [4.78, 5) is 2.51. The van der Waals surface area contributed by atoms with Crippen LogP contribution in [0.25, 0.3) is 82.8 Å². The van der Waals surface area contributed by atoms with Gasteiger partial charge in [-0.15, -0.1) is 0 Å². The van der Waals surface area contributed by atoms with E-state index in [1.165, 1.54) is 99.3 Å². The molecule has 0 aliphatic heterocycles. The van der Waals surface area contributed by atoms with Gasteiger partial charge in [-0.3, -0.25) is 0 Å². The molecule has 1 spiro atoms. The predicted octanol–water partition coefficient (Wildman–Crippen LogP) is 17.1. The summed E-state index contributed by atoms with van der Waals surface area (Å²) in [5, 5.41) is 5.01. The summed E-state index contributed by atoms with van der Waals surface area (Å²) in [6.45, 7) is 0. The fourth-order valence-corrected chi connectivity index (χ4v) is 11.9. The van der Waals surface area contributed by atoms with E-state index in [0.717, 1.165) is 22.7 Å². The molecule has 0 unspecified atom stereocenters. The standard InChI is InChI=1S/C65H42N2/c1-2-17-43(18-3-1)49-26-14-19-45-20-15-27-50(63(45)49)44-35-37-46(38-36-44)66(47-39-41-48(42-40-47)67-60-32-12-7-24-54(60)55-25-8-13-33-61(55)67)62-34-16-28-56-53-23-6-11-31-59(53)65(64(56)62)57-29-9-4-21-51(57)52-22-5-10-30-58(52)65/h1-42H. The number of benzene rings is 11. The molecule has 2 aliphatic rings. The van der Waals surface area contributed by atoms with Crippen molar-refractivity contribution >= 4 is 49.6 Å². The van der Waals surface area contributed by atoms with E-state index in [0.29, 0.717) is 0 Å². The lowest BCUT2D eigenvalue weighted by molar-refractivity contribution is 0.793. The van der Waals surface area contributed by atoms with Crippen molar-refractivity contribution in [1.29, 1.82) is 0 Å². The molecule has 2 nitrogen and oxygen atoms in total. The van der Waals surface area contributed by atoms with Gasteiger partial charge in [0.1, 0.15) is 0 Å². The monoisotopic (exact) mass is 850 g/mol. The number of hydrogen-bond acceptors (Lipinski definition) is 1. The minimum atomic E-state index is -0.520. The molecule has 0 atom stereocenters. The molecule has 1 heterocycles. The van der Waals surface area contributed by atoms with E-state index in [2.05, 4.69) is 264 Å². The molecule has 0 saturated heterocycles. The average molecular weight is 851 g/mol. The first-order valence-corrected chi connectivity index (χ1v) is 23.3. The summed E-state index contributed by atoms with van der Waals surface area (Å²) in [6.07, 6.45) is 0. The minimum absolute atomic E-state index is 0.520. The average Bonchev–Trinajstić information content (AvgIpc) is 4.01. The highest BCUT2D eigenvalue weighted by Crippen LogP contribution is 2.65. The van der Waals surface area contributed by atoms with Crippen molar-refractivity contribution < 1.29 is 0 Å². The molecule has 2 heteroatoms. The largest absolute Gasteiger partial charge is 0.310 e. The highest BCUT2D eigenvalue weighted by molar-refractivity contribution is 6.10. The lowest BCUT2D eigenvalue weighted by Crippen LogP contribution is -2.28. The van der Waals surface area contributed by atoms with E-state index < -0.39 is 5.41 Å². The molecule has 11 aromatic carbocycles. The first-order valence-electron chi connectivity index (χ1n) is 23.3. The molecule has 1 aromatic heterocycles. The highest BCUT2D eigenvalue weighted by atomic mass is 15.1. The van der Waals surface area contributed by atoms with Crippen LogP contribution in [0, 0.1) is 0 Å². The first kappa shape index (κ1) is 37.6. The number of para-hydroxylation sites is 2. The van der Waals surface area contributed by atoms with Crippen molar-refractivity contribution in [2.45, 2.75) is 5.41 Å². The Morgan fingerprint density at radius 1 is 0.313 bits per heavy atom. The van der Waals surface area contributed by atoms with Crippen molar-refractivity contribution in [2.75, 3.05) is 4.90 Å². The summed E-state index contributed by atoms with van der Waals surface area (Å²) in [5.74, 6) is 0. The minimum Gasteiger partial charge on any atom is -0.310 e. The van der Waals surface area contributed by atoms with E-state index in [1.54, 1.807) is 0 Å². The van der Waals surface area contributed by atoms with Gasteiger partial charge in [-0.2, -0.15) is 0 Å². The quantitative estimate of drug-likeness (QED) is 0.162. The van der Waals surface area contributed by atoms with Crippen LogP contribution in [-0.2, 0) is 5.41 Å². The van der Waals surface area contributed by atoms with Gasteiger partial charge >= 0.3 is 0 Å². The zero-order valence-electron chi connectivity index (χ0n) is 36.6. The van der Waals surface area contributed by atoms with E-state index >= 15 is 0 Å². The Balaban J connectivity index is 1.000. The fraction of sp³-hybridized carbons (Fsp3) is 0.0154. The second-order valence-electron chi connectivity index (χ2n) is 17.9. The Labute approximate surface area is 389 Å². The van der Waals surface area contributed by atoms with Crippen LogP contribution in [0.4, 0.5) is 17.1 Å². The zero-order chi connectivity index (χ0) is 44.1. The van der Waals surface area contributed by atoms with Crippen molar-refractivity contribution in [3.63, 3.8) is 0 Å². The lowest BCUT2D eigenvalue weighted by atomic mass is 9.70. The van der Waals surface area contributed by atoms with E-state index in [-0.39, 0.29) is 0 Å². The second kappa shape index (κ2) is 14.7. The molecule has 0 bridgehead atoms. The number of rotatable bonds is 6. The molecular weight excluding hydrogens is 809 g/mol. The van der Waals surface area contributed by atoms with Crippen LogP contribution >= 0.6 is 0 Å². The van der Waals surface area contributed by atoms with Crippen LogP contribution in [0.2, 0.25) is 0 Å². The summed E-state index contributed by atoms with van der Waals surface area (Å²) in [6, 6.07) is 94.3. The van der Waals surface area contributed by atoms with E-state index in [4.69, 9.17) is 0 Å². The van der Waals surface area contributed by atoms with Crippen molar-refractivity contribution in [3.8, 4) is 50.2 Å². The lowest BCUT2D eigenvalue weighted by Gasteiger charge is -2.36. The maximum Gasteiger partial charge on any atom is 0.0746 e. The molecule has 0 fully saturated rings. The van der Waals surface area contributed by atoms with Crippen LogP contribution in [0.1, 0.15) is 22.3 Å². The van der Waals surface area contributed by atoms with Gasteiger partial charge in [0.25, 0.3) is 0 Å². The first-order chi connectivity index (χ1) is 33.3. The van der Waals surface area contributed by atoms with E-state index in [9.17, 15) is 0 Å². The van der Waals surface area contributed by atoms with Crippen molar-refractivity contribution in [2.24, 2.45) is 0 Å². The number of nitrogens with zero attached hydrogens (tertiary/aromatic N) is 2. The third-order valence-corrected chi connectivity index (χ3v) is 14.6. The molecule has 67 heavy (non-hydrogen) atoms. The van der Waals surface area contributed by atoms with E-state index in [1.807, 2.05) is 0 Å².